The van der Waals surface area contributed by atoms with E-state index >= 15 is 0 Å². The van der Waals surface area contributed by atoms with Crippen molar-refractivity contribution in [3.8, 4) is 0 Å². The summed E-state index contributed by atoms with van der Waals surface area (Å²) < 4.78 is 12.0. The number of ether oxygens (including phenoxy) is 2. The third-order valence-electron chi connectivity index (χ3n) is 7.33. The molecule has 35 heavy (non-hydrogen) atoms. The molecule has 5 rings (SSSR count). The van der Waals surface area contributed by atoms with Gasteiger partial charge in [-0.15, -0.1) is 0 Å². The summed E-state index contributed by atoms with van der Waals surface area (Å²) in [5, 5.41) is 13.5. The van der Waals surface area contributed by atoms with Crippen LogP contribution in [0.2, 0.25) is 0 Å². The number of carbonyl (C=O) groups excluding carboxylic acids is 2. The van der Waals surface area contributed by atoms with Crippen molar-refractivity contribution in [1.82, 2.24) is 10.2 Å². The largest absolute Gasteiger partial charge is 0.389 e. The molecule has 2 heterocycles. The lowest BCUT2D eigenvalue weighted by atomic mass is 9.94. The van der Waals surface area contributed by atoms with Gasteiger partial charge in [0.15, 0.2) is 0 Å². The van der Waals surface area contributed by atoms with E-state index in [1.54, 1.807) is 4.90 Å². The summed E-state index contributed by atoms with van der Waals surface area (Å²) in [6.07, 6.45) is 2.47. The Hall–Kier alpha value is -2.74. The number of aliphatic hydroxyl groups excluding tert-OH is 1. The van der Waals surface area contributed by atoms with Crippen molar-refractivity contribution in [1.29, 1.82) is 0 Å². The number of nitrogens with one attached hydrogen (secondary N) is 1. The maximum atomic E-state index is 13.2. The van der Waals surface area contributed by atoms with E-state index in [0.29, 0.717) is 25.9 Å². The molecule has 4 atom stereocenters. The molecule has 2 amide bonds. The molecule has 2 aliphatic heterocycles. The maximum Gasteiger partial charge on any atom is 0.227 e. The van der Waals surface area contributed by atoms with Crippen molar-refractivity contribution in [3.63, 3.8) is 0 Å². The third-order valence-corrected chi connectivity index (χ3v) is 7.33. The van der Waals surface area contributed by atoms with E-state index in [1.807, 2.05) is 42.5 Å². The number of rotatable bonds is 5. The molecule has 7 nitrogen and oxygen atoms in total. The van der Waals surface area contributed by atoms with E-state index in [4.69, 9.17) is 9.47 Å². The van der Waals surface area contributed by atoms with Crippen LogP contribution in [-0.2, 0) is 38.3 Å². The first-order valence-corrected chi connectivity index (χ1v) is 12.7. The number of carbonyl (C=O) groups is 2. The van der Waals surface area contributed by atoms with Gasteiger partial charge in [0.05, 0.1) is 44.3 Å². The van der Waals surface area contributed by atoms with Gasteiger partial charge in [0.2, 0.25) is 11.8 Å². The first-order valence-electron chi connectivity index (χ1n) is 12.7. The molecule has 1 aliphatic carbocycles. The van der Waals surface area contributed by atoms with Crippen LogP contribution in [0.25, 0.3) is 0 Å². The van der Waals surface area contributed by atoms with Crippen LogP contribution in [-0.4, -0.2) is 72.0 Å². The fourth-order valence-electron chi connectivity index (χ4n) is 5.65. The summed E-state index contributed by atoms with van der Waals surface area (Å²) in [4.78, 5) is 27.8. The standard InChI is InChI=1S/C28H34N2O5/c31-23-16-30(28(33)12-19-6-2-1-3-7-19)25-11-10-24(35-26(25)18-34-17-23)15-27(32)29-22-13-20-8-4-5-9-21(20)14-22/h1-9,22-26,31H,10-18H2,(H,29,32)/t23-,24-,25-,26+/m1/s1. The molecule has 7 heteroatoms. The second-order valence-corrected chi connectivity index (χ2v) is 9.99. The van der Waals surface area contributed by atoms with Gasteiger partial charge in [0.1, 0.15) is 6.10 Å². The van der Waals surface area contributed by atoms with E-state index in [-0.39, 0.29) is 55.7 Å². The minimum Gasteiger partial charge on any atom is -0.389 e. The zero-order valence-corrected chi connectivity index (χ0v) is 20.0. The highest BCUT2D eigenvalue weighted by Gasteiger charge is 2.40. The Morgan fingerprint density at radius 1 is 0.971 bits per heavy atom. The highest BCUT2D eigenvalue weighted by Crippen LogP contribution is 2.29. The Labute approximate surface area is 206 Å². The predicted molar refractivity (Wildman–Crippen MR) is 131 cm³/mol. The number of nitrogens with zero attached hydrogens (tertiary/aromatic N) is 1. The monoisotopic (exact) mass is 478 g/mol. The molecule has 0 saturated carbocycles. The quantitative estimate of drug-likeness (QED) is 0.687. The SMILES string of the molecule is O=C(C[C@H]1CC[C@@H]2[C@H](COC[C@H](O)CN2C(=O)Cc2ccccc2)O1)NC1Cc2ccccc2C1. The lowest BCUT2D eigenvalue weighted by Gasteiger charge is -2.44. The normalized spacial score (nSPS) is 26.8. The van der Waals surface area contributed by atoms with Gasteiger partial charge in [-0.3, -0.25) is 9.59 Å². The van der Waals surface area contributed by atoms with Crippen molar-refractivity contribution >= 4 is 11.8 Å². The topological polar surface area (TPSA) is 88.1 Å². The van der Waals surface area contributed by atoms with Gasteiger partial charge in [-0.05, 0) is 42.4 Å². The van der Waals surface area contributed by atoms with Gasteiger partial charge in [-0.25, -0.2) is 0 Å². The van der Waals surface area contributed by atoms with Crippen molar-refractivity contribution < 1.29 is 24.2 Å². The molecule has 0 aromatic heterocycles. The van der Waals surface area contributed by atoms with Gasteiger partial charge >= 0.3 is 0 Å². The van der Waals surface area contributed by atoms with Gasteiger partial charge in [0.25, 0.3) is 0 Å². The number of hydrogen-bond acceptors (Lipinski definition) is 5. The van der Waals surface area contributed by atoms with Crippen LogP contribution in [0.3, 0.4) is 0 Å². The molecule has 2 aromatic carbocycles. The van der Waals surface area contributed by atoms with Crippen LogP contribution in [0, 0.1) is 0 Å². The first-order chi connectivity index (χ1) is 17.0. The van der Waals surface area contributed by atoms with E-state index in [9.17, 15) is 14.7 Å². The molecule has 2 saturated heterocycles. The zero-order chi connectivity index (χ0) is 24.2. The van der Waals surface area contributed by atoms with Crippen LogP contribution in [0.15, 0.2) is 54.6 Å². The van der Waals surface area contributed by atoms with Crippen LogP contribution in [0.4, 0.5) is 0 Å². The smallest absolute Gasteiger partial charge is 0.227 e. The number of amides is 2. The molecule has 0 spiro atoms. The second kappa shape index (κ2) is 10.9. The second-order valence-electron chi connectivity index (χ2n) is 9.99. The van der Waals surface area contributed by atoms with E-state index in [0.717, 1.165) is 18.4 Å². The number of aliphatic hydroxyl groups is 1. The zero-order valence-electron chi connectivity index (χ0n) is 20.0. The van der Waals surface area contributed by atoms with Crippen LogP contribution < -0.4 is 5.32 Å². The van der Waals surface area contributed by atoms with E-state index < -0.39 is 6.10 Å². The van der Waals surface area contributed by atoms with E-state index in [1.165, 1.54) is 11.1 Å². The van der Waals surface area contributed by atoms with Crippen LogP contribution >= 0.6 is 0 Å². The van der Waals surface area contributed by atoms with Crippen LogP contribution in [0.1, 0.15) is 36.0 Å². The van der Waals surface area contributed by atoms with Gasteiger partial charge in [-0.2, -0.15) is 0 Å². The third kappa shape index (κ3) is 5.92. The van der Waals surface area contributed by atoms with Crippen molar-refractivity contribution in [3.05, 3.63) is 71.3 Å². The van der Waals surface area contributed by atoms with Gasteiger partial charge < -0.3 is 24.8 Å². The highest BCUT2D eigenvalue weighted by atomic mass is 16.5. The summed E-state index contributed by atoms with van der Waals surface area (Å²) in [7, 11) is 0. The average molecular weight is 479 g/mol. The van der Waals surface area contributed by atoms with Crippen molar-refractivity contribution in [2.75, 3.05) is 19.8 Å². The molecule has 2 N–H and O–H groups in total. The van der Waals surface area contributed by atoms with E-state index in [2.05, 4.69) is 17.4 Å². The summed E-state index contributed by atoms with van der Waals surface area (Å²) in [5.41, 5.74) is 3.56. The van der Waals surface area contributed by atoms with Gasteiger partial charge in [0, 0.05) is 12.6 Å². The first kappa shape index (κ1) is 24.0. The Morgan fingerprint density at radius 3 is 2.43 bits per heavy atom. The summed E-state index contributed by atoms with van der Waals surface area (Å²) in [6.45, 7) is 0.686. The Morgan fingerprint density at radius 2 is 1.69 bits per heavy atom. The lowest BCUT2D eigenvalue weighted by Crippen LogP contribution is -2.58. The molecule has 0 radical (unpaired) electrons. The maximum absolute atomic E-state index is 13.2. The van der Waals surface area contributed by atoms with Crippen molar-refractivity contribution in [2.24, 2.45) is 0 Å². The highest BCUT2D eigenvalue weighted by molar-refractivity contribution is 5.79. The van der Waals surface area contributed by atoms with Crippen LogP contribution in [0.5, 0.6) is 0 Å². The summed E-state index contributed by atoms with van der Waals surface area (Å²) in [6, 6.07) is 17.9. The fraction of sp³-hybridized carbons (Fsp3) is 0.500. The molecule has 186 valence electrons. The molecule has 0 bridgehead atoms. The Bertz CT molecular complexity index is 1000. The Balaban J connectivity index is 1.18. The molecular formula is C28H34N2O5. The molecular weight excluding hydrogens is 444 g/mol. The lowest BCUT2D eigenvalue weighted by molar-refractivity contribution is -0.169. The minimum absolute atomic E-state index is 0.00505. The minimum atomic E-state index is -0.727. The average Bonchev–Trinajstić information content (AvgIpc) is 3.24. The molecule has 2 fully saturated rings. The fourth-order valence-corrected chi connectivity index (χ4v) is 5.65. The molecule has 0 unspecified atom stereocenters. The molecule has 3 aliphatic rings. The number of β-amino-alcohol motifs (C(OH)–C–C–N with tert-alkyl or cyclic N) is 1. The number of hydrogen-bond donors (Lipinski definition) is 2. The molecule has 2 aromatic rings. The predicted octanol–water partition coefficient (Wildman–Crippen LogP) is 2.04. The van der Waals surface area contributed by atoms with Crippen molar-refractivity contribution in [2.45, 2.75) is 68.9 Å². The number of fused-ring (bicyclic) bond motifs is 2. The Kier molecular flexibility index (Phi) is 7.46. The van der Waals surface area contributed by atoms with Gasteiger partial charge in [-0.1, -0.05) is 54.6 Å². The summed E-state index contributed by atoms with van der Waals surface area (Å²) >= 11 is 0. The number of benzene rings is 2. The summed E-state index contributed by atoms with van der Waals surface area (Å²) in [5.74, 6) is -0.0156.